The van der Waals surface area contributed by atoms with Crippen molar-refractivity contribution in [3.05, 3.63) is 59.7 Å². The van der Waals surface area contributed by atoms with Gasteiger partial charge in [-0.1, -0.05) is 12.1 Å². The van der Waals surface area contributed by atoms with Crippen LogP contribution >= 0.6 is 0 Å². The topological polar surface area (TPSA) is 116 Å². The fourth-order valence-electron chi connectivity index (χ4n) is 2.17. The zero-order valence-corrected chi connectivity index (χ0v) is 15.4. The molecule has 0 radical (unpaired) electrons. The number of anilines is 1. The number of carbonyl (C=O) groups is 3. The molecule has 27 heavy (non-hydrogen) atoms. The predicted octanol–water partition coefficient (Wildman–Crippen LogP) is 1.67. The van der Waals surface area contributed by atoms with Gasteiger partial charge in [-0.25, -0.2) is 18.0 Å². The molecule has 8 nitrogen and oxygen atoms in total. The van der Waals surface area contributed by atoms with Crippen molar-refractivity contribution in [3.63, 3.8) is 0 Å². The van der Waals surface area contributed by atoms with E-state index < -0.39 is 34.3 Å². The summed E-state index contributed by atoms with van der Waals surface area (Å²) in [7, 11) is -2.36. The SMILES string of the molecule is COC(=O)c1ccc(NC(=O)COC(=O)c2ccccc2S(C)(=O)=O)cc1. The molecule has 2 aromatic rings. The van der Waals surface area contributed by atoms with Gasteiger partial charge in [0.1, 0.15) is 0 Å². The normalized spacial score (nSPS) is 10.7. The molecule has 9 heteroatoms. The Hall–Kier alpha value is -3.20. The van der Waals surface area contributed by atoms with Gasteiger partial charge in [-0.2, -0.15) is 0 Å². The molecule has 0 heterocycles. The summed E-state index contributed by atoms with van der Waals surface area (Å²) in [4.78, 5) is 35.2. The Labute approximate surface area is 156 Å². The van der Waals surface area contributed by atoms with Crippen molar-refractivity contribution in [2.75, 3.05) is 25.3 Å². The fourth-order valence-corrected chi connectivity index (χ4v) is 3.05. The summed E-state index contributed by atoms with van der Waals surface area (Å²) < 4.78 is 32.9. The summed E-state index contributed by atoms with van der Waals surface area (Å²) in [6.45, 7) is -0.602. The molecule has 0 aromatic heterocycles. The molecular formula is C18H17NO7S. The van der Waals surface area contributed by atoms with Gasteiger partial charge < -0.3 is 14.8 Å². The molecule has 1 N–H and O–H groups in total. The van der Waals surface area contributed by atoms with Gasteiger partial charge in [-0.3, -0.25) is 4.79 Å². The summed E-state index contributed by atoms with van der Waals surface area (Å²) in [6.07, 6.45) is 0.976. The van der Waals surface area contributed by atoms with Crippen LogP contribution in [-0.4, -0.2) is 46.2 Å². The van der Waals surface area contributed by atoms with Crippen LogP contribution in [0.5, 0.6) is 0 Å². The van der Waals surface area contributed by atoms with Crippen molar-refractivity contribution in [1.82, 2.24) is 0 Å². The van der Waals surface area contributed by atoms with E-state index in [9.17, 15) is 22.8 Å². The number of ether oxygens (including phenoxy) is 2. The van der Waals surface area contributed by atoms with Crippen LogP contribution in [0.25, 0.3) is 0 Å². The van der Waals surface area contributed by atoms with Crippen LogP contribution in [-0.2, 0) is 24.1 Å². The van der Waals surface area contributed by atoms with Crippen molar-refractivity contribution in [3.8, 4) is 0 Å². The smallest absolute Gasteiger partial charge is 0.339 e. The van der Waals surface area contributed by atoms with Crippen molar-refractivity contribution in [2.45, 2.75) is 4.90 Å². The molecule has 0 aliphatic carbocycles. The number of rotatable bonds is 6. The third kappa shape index (κ3) is 5.38. The molecule has 0 aliphatic heterocycles. The largest absolute Gasteiger partial charge is 0.465 e. The second kappa shape index (κ2) is 8.45. The lowest BCUT2D eigenvalue weighted by Gasteiger charge is -2.09. The quantitative estimate of drug-likeness (QED) is 0.745. The molecule has 1 amide bonds. The number of hydrogen-bond donors (Lipinski definition) is 1. The van der Waals surface area contributed by atoms with E-state index in [0.717, 1.165) is 6.26 Å². The lowest BCUT2D eigenvalue weighted by molar-refractivity contribution is -0.119. The Balaban J connectivity index is 1.98. The summed E-state index contributed by atoms with van der Waals surface area (Å²) in [5.74, 6) is -2.05. The first-order valence-corrected chi connectivity index (χ1v) is 9.56. The van der Waals surface area contributed by atoms with E-state index in [0.29, 0.717) is 11.3 Å². The standard InChI is InChI=1S/C18H17NO7S/c1-25-17(21)12-7-9-13(10-8-12)19-16(20)11-26-18(22)14-5-3-4-6-15(14)27(2,23)24/h3-10H,11H2,1-2H3,(H,19,20). The Morgan fingerprint density at radius 1 is 0.963 bits per heavy atom. The van der Waals surface area contributed by atoms with E-state index in [2.05, 4.69) is 10.1 Å². The van der Waals surface area contributed by atoms with Gasteiger partial charge >= 0.3 is 11.9 Å². The maximum Gasteiger partial charge on any atom is 0.339 e. The average molecular weight is 391 g/mol. The molecule has 0 saturated carbocycles. The van der Waals surface area contributed by atoms with E-state index in [1.165, 1.54) is 55.6 Å². The van der Waals surface area contributed by atoms with Gasteiger partial charge in [0.25, 0.3) is 5.91 Å². The Morgan fingerprint density at radius 3 is 2.19 bits per heavy atom. The molecule has 0 fully saturated rings. The molecule has 0 atom stereocenters. The molecule has 0 unspecified atom stereocenters. The molecular weight excluding hydrogens is 374 g/mol. The van der Waals surface area contributed by atoms with Crippen molar-refractivity contribution in [1.29, 1.82) is 0 Å². The van der Waals surface area contributed by atoms with Gasteiger partial charge in [0.2, 0.25) is 0 Å². The summed E-state index contributed by atoms with van der Waals surface area (Å²) in [5.41, 5.74) is 0.565. The van der Waals surface area contributed by atoms with Crippen molar-refractivity contribution >= 4 is 33.4 Å². The number of hydrogen-bond acceptors (Lipinski definition) is 7. The first-order valence-electron chi connectivity index (χ1n) is 7.67. The lowest BCUT2D eigenvalue weighted by atomic mass is 10.2. The fraction of sp³-hybridized carbons (Fsp3) is 0.167. The van der Waals surface area contributed by atoms with Crippen LogP contribution < -0.4 is 5.32 Å². The van der Waals surface area contributed by atoms with Crippen LogP contribution in [0, 0.1) is 0 Å². The monoisotopic (exact) mass is 391 g/mol. The summed E-state index contributed by atoms with van der Waals surface area (Å²) in [6, 6.07) is 11.5. The molecule has 0 saturated heterocycles. The maximum absolute atomic E-state index is 12.1. The van der Waals surface area contributed by atoms with Crippen molar-refractivity contribution in [2.24, 2.45) is 0 Å². The van der Waals surface area contributed by atoms with Crippen LogP contribution in [0.1, 0.15) is 20.7 Å². The van der Waals surface area contributed by atoms with E-state index in [1.807, 2.05) is 0 Å². The highest BCUT2D eigenvalue weighted by Gasteiger charge is 2.20. The lowest BCUT2D eigenvalue weighted by Crippen LogP contribution is -2.21. The Morgan fingerprint density at radius 2 is 1.59 bits per heavy atom. The summed E-state index contributed by atoms with van der Waals surface area (Å²) in [5, 5.41) is 2.49. The van der Waals surface area contributed by atoms with E-state index in [-0.39, 0.29) is 10.5 Å². The minimum atomic E-state index is -3.62. The third-order valence-corrected chi connectivity index (χ3v) is 4.59. The number of methoxy groups -OCH3 is 1. The molecule has 2 rings (SSSR count). The zero-order chi connectivity index (χ0) is 20.0. The molecule has 2 aromatic carbocycles. The number of sulfone groups is 1. The zero-order valence-electron chi connectivity index (χ0n) is 14.6. The Bertz CT molecular complexity index is 965. The molecule has 0 aliphatic rings. The van der Waals surface area contributed by atoms with Gasteiger partial charge in [0, 0.05) is 11.9 Å². The molecule has 0 bridgehead atoms. The third-order valence-electron chi connectivity index (χ3n) is 3.43. The summed E-state index contributed by atoms with van der Waals surface area (Å²) >= 11 is 0. The van der Waals surface area contributed by atoms with E-state index in [1.54, 1.807) is 0 Å². The highest BCUT2D eigenvalue weighted by atomic mass is 32.2. The van der Waals surface area contributed by atoms with Gasteiger partial charge in [0.15, 0.2) is 16.4 Å². The van der Waals surface area contributed by atoms with Crippen LogP contribution in [0.2, 0.25) is 0 Å². The first kappa shape index (κ1) is 20.1. The number of amides is 1. The van der Waals surface area contributed by atoms with E-state index >= 15 is 0 Å². The average Bonchev–Trinajstić information content (AvgIpc) is 2.65. The highest BCUT2D eigenvalue weighted by Crippen LogP contribution is 2.16. The first-order chi connectivity index (χ1) is 12.7. The number of benzene rings is 2. The van der Waals surface area contributed by atoms with Crippen LogP contribution in [0.15, 0.2) is 53.4 Å². The van der Waals surface area contributed by atoms with Gasteiger partial charge in [0.05, 0.1) is 23.1 Å². The van der Waals surface area contributed by atoms with Crippen LogP contribution in [0.3, 0.4) is 0 Å². The molecule has 0 spiro atoms. The number of esters is 2. The predicted molar refractivity (Wildman–Crippen MR) is 96.2 cm³/mol. The second-order valence-electron chi connectivity index (χ2n) is 5.46. The maximum atomic E-state index is 12.1. The minimum absolute atomic E-state index is 0.143. The molecule has 142 valence electrons. The van der Waals surface area contributed by atoms with Gasteiger partial charge in [-0.15, -0.1) is 0 Å². The second-order valence-corrected chi connectivity index (χ2v) is 7.45. The number of carbonyl (C=O) groups excluding carboxylic acids is 3. The van der Waals surface area contributed by atoms with Crippen LogP contribution in [0.4, 0.5) is 5.69 Å². The van der Waals surface area contributed by atoms with E-state index in [4.69, 9.17) is 4.74 Å². The highest BCUT2D eigenvalue weighted by molar-refractivity contribution is 7.90. The van der Waals surface area contributed by atoms with Crippen molar-refractivity contribution < 1.29 is 32.3 Å². The number of nitrogens with one attached hydrogen (secondary N) is 1. The Kier molecular flexibility index (Phi) is 6.30. The van der Waals surface area contributed by atoms with Gasteiger partial charge in [-0.05, 0) is 36.4 Å². The minimum Gasteiger partial charge on any atom is -0.465 e.